The molecule has 2 aliphatic rings. The SMILES string of the molecule is NC1CCC(CNc2nccn(C3CC3)c2=O)CC1. The molecule has 0 spiro atoms. The van der Waals surface area contributed by atoms with E-state index in [4.69, 9.17) is 5.73 Å². The van der Waals surface area contributed by atoms with Crippen molar-refractivity contribution in [2.45, 2.75) is 50.6 Å². The summed E-state index contributed by atoms with van der Waals surface area (Å²) in [4.78, 5) is 16.4. The summed E-state index contributed by atoms with van der Waals surface area (Å²) in [6.45, 7) is 0.837. The van der Waals surface area contributed by atoms with Gasteiger partial charge in [0.25, 0.3) is 5.56 Å². The van der Waals surface area contributed by atoms with Crippen LogP contribution in [-0.2, 0) is 0 Å². The first kappa shape index (κ1) is 12.7. The van der Waals surface area contributed by atoms with Gasteiger partial charge in [-0.1, -0.05) is 0 Å². The normalized spacial score (nSPS) is 27.2. The molecule has 2 aliphatic carbocycles. The maximum atomic E-state index is 12.2. The number of hydrogen-bond acceptors (Lipinski definition) is 4. The average Bonchev–Trinajstić information content (AvgIpc) is 3.24. The van der Waals surface area contributed by atoms with Crippen LogP contribution in [0, 0.1) is 5.92 Å². The topological polar surface area (TPSA) is 72.9 Å². The van der Waals surface area contributed by atoms with E-state index in [0.29, 0.717) is 23.8 Å². The zero-order chi connectivity index (χ0) is 13.2. The highest BCUT2D eigenvalue weighted by Crippen LogP contribution is 2.33. The molecule has 3 rings (SSSR count). The van der Waals surface area contributed by atoms with Crippen LogP contribution < -0.4 is 16.6 Å². The first-order chi connectivity index (χ1) is 9.24. The van der Waals surface area contributed by atoms with Crippen molar-refractivity contribution in [3.05, 3.63) is 22.7 Å². The van der Waals surface area contributed by atoms with E-state index < -0.39 is 0 Å². The Morgan fingerprint density at radius 2 is 2.00 bits per heavy atom. The van der Waals surface area contributed by atoms with Gasteiger partial charge in [0, 0.05) is 31.0 Å². The minimum atomic E-state index is 0.0255. The Kier molecular flexibility index (Phi) is 3.55. The second-order valence-electron chi connectivity index (χ2n) is 5.88. The van der Waals surface area contributed by atoms with Crippen molar-refractivity contribution in [3.63, 3.8) is 0 Å². The zero-order valence-corrected chi connectivity index (χ0v) is 11.2. The van der Waals surface area contributed by atoms with Crippen LogP contribution in [0.25, 0.3) is 0 Å². The van der Waals surface area contributed by atoms with E-state index in [9.17, 15) is 4.79 Å². The standard InChI is InChI=1S/C14H22N4O/c15-11-3-1-10(2-4-11)9-17-13-14(19)18(8-7-16-13)12-5-6-12/h7-8,10-12H,1-6,9,15H2,(H,16,17). The molecule has 0 unspecified atom stereocenters. The van der Waals surface area contributed by atoms with Crippen molar-refractivity contribution in [1.82, 2.24) is 9.55 Å². The molecule has 0 amide bonds. The Morgan fingerprint density at radius 1 is 1.26 bits per heavy atom. The van der Waals surface area contributed by atoms with Crippen LogP contribution in [0.5, 0.6) is 0 Å². The maximum absolute atomic E-state index is 12.2. The van der Waals surface area contributed by atoms with E-state index in [1.54, 1.807) is 12.4 Å². The van der Waals surface area contributed by atoms with Gasteiger partial charge in [-0.15, -0.1) is 0 Å². The Hall–Kier alpha value is -1.36. The molecule has 19 heavy (non-hydrogen) atoms. The van der Waals surface area contributed by atoms with E-state index in [0.717, 1.165) is 45.1 Å². The lowest BCUT2D eigenvalue weighted by Crippen LogP contribution is -2.31. The summed E-state index contributed by atoms with van der Waals surface area (Å²) in [5.74, 6) is 1.12. The van der Waals surface area contributed by atoms with Crippen molar-refractivity contribution in [2.75, 3.05) is 11.9 Å². The molecule has 0 atom stereocenters. The van der Waals surface area contributed by atoms with Crippen molar-refractivity contribution in [1.29, 1.82) is 0 Å². The Morgan fingerprint density at radius 3 is 2.68 bits per heavy atom. The molecule has 0 radical (unpaired) electrons. The highest BCUT2D eigenvalue weighted by molar-refractivity contribution is 5.31. The van der Waals surface area contributed by atoms with Crippen molar-refractivity contribution in [2.24, 2.45) is 11.7 Å². The van der Waals surface area contributed by atoms with Gasteiger partial charge in [0.1, 0.15) is 0 Å². The zero-order valence-electron chi connectivity index (χ0n) is 11.2. The van der Waals surface area contributed by atoms with Gasteiger partial charge in [-0.2, -0.15) is 0 Å². The number of nitrogens with one attached hydrogen (secondary N) is 1. The first-order valence-corrected chi connectivity index (χ1v) is 7.30. The molecule has 2 fully saturated rings. The summed E-state index contributed by atoms with van der Waals surface area (Å²) >= 11 is 0. The molecule has 1 aromatic rings. The molecule has 5 nitrogen and oxygen atoms in total. The van der Waals surface area contributed by atoms with Crippen LogP contribution in [0.15, 0.2) is 17.2 Å². The summed E-state index contributed by atoms with van der Waals surface area (Å²) in [6.07, 6.45) is 10.2. The Balaban J connectivity index is 1.60. The summed E-state index contributed by atoms with van der Waals surface area (Å²) in [5.41, 5.74) is 5.93. The largest absolute Gasteiger partial charge is 0.365 e. The van der Waals surface area contributed by atoms with Gasteiger partial charge in [-0.05, 0) is 44.4 Å². The fourth-order valence-corrected chi connectivity index (χ4v) is 2.82. The van der Waals surface area contributed by atoms with E-state index in [1.807, 2.05) is 4.57 Å². The van der Waals surface area contributed by atoms with Gasteiger partial charge in [0.05, 0.1) is 0 Å². The fourth-order valence-electron chi connectivity index (χ4n) is 2.82. The van der Waals surface area contributed by atoms with E-state index in [1.165, 1.54) is 0 Å². The smallest absolute Gasteiger partial charge is 0.293 e. The first-order valence-electron chi connectivity index (χ1n) is 7.30. The van der Waals surface area contributed by atoms with Gasteiger partial charge in [0.15, 0.2) is 5.82 Å². The van der Waals surface area contributed by atoms with Crippen molar-refractivity contribution in [3.8, 4) is 0 Å². The highest BCUT2D eigenvalue weighted by atomic mass is 16.1. The Labute approximate surface area is 113 Å². The number of aromatic nitrogens is 2. The molecule has 1 aromatic heterocycles. The summed E-state index contributed by atoms with van der Waals surface area (Å²) in [5, 5.41) is 3.24. The lowest BCUT2D eigenvalue weighted by Gasteiger charge is -2.26. The second-order valence-corrected chi connectivity index (χ2v) is 5.88. The molecule has 0 aromatic carbocycles. The number of nitrogens with two attached hydrogens (primary N) is 1. The van der Waals surface area contributed by atoms with Gasteiger partial charge in [-0.3, -0.25) is 4.79 Å². The molecule has 1 heterocycles. The maximum Gasteiger partial charge on any atom is 0.293 e. The van der Waals surface area contributed by atoms with Gasteiger partial charge in [-0.25, -0.2) is 4.98 Å². The lowest BCUT2D eigenvalue weighted by atomic mass is 9.86. The van der Waals surface area contributed by atoms with E-state index in [2.05, 4.69) is 10.3 Å². The van der Waals surface area contributed by atoms with Crippen LogP contribution in [0.4, 0.5) is 5.82 Å². The Bertz CT molecular complexity index is 486. The summed E-state index contributed by atoms with van der Waals surface area (Å²) < 4.78 is 1.81. The van der Waals surface area contributed by atoms with E-state index >= 15 is 0 Å². The van der Waals surface area contributed by atoms with Crippen LogP contribution in [0.1, 0.15) is 44.6 Å². The molecule has 5 heteroatoms. The molecule has 104 valence electrons. The second kappa shape index (κ2) is 5.33. The molecular weight excluding hydrogens is 240 g/mol. The average molecular weight is 262 g/mol. The van der Waals surface area contributed by atoms with Crippen molar-refractivity contribution >= 4 is 5.82 Å². The predicted molar refractivity (Wildman–Crippen MR) is 75.2 cm³/mol. The summed E-state index contributed by atoms with van der Waals surface area (Å²) in [6, 6.07) is 0.780. The van der Waals surface area contributed by atoms with Crippen molar-refractivity contribution < 1.29 is 0 Å². The van der Waals surface area contributed by atoms with Gasteiger partial charge >= 0.3 is 0 Å². The molecule has 0 saturated heterocycles. The van der Waals surface area contributed by atoms with Gasteiger partial charge in [0.2, 0.25) is 0 Å². The van der Waals surface area contributed by atoms with Crippen LogP contribution in [0.2, 0.25) is 0 Å². The number of nitrogens with zero attached hydrogens (tertiary/aromatic N) is 2. The lowest BCUT2D eigenvalue weighted by molar-refractivity contribution is 0.338. The minimum Gasteiger partial charge on any atom is -0.365 e. The van der Waals surface area contributed by atoms with Crippen LogP contribution in [0.3, 0.4) is 0 Å². The third kappa shape index (κ3) is 2.97. The minimum absolute atomic E-state index is 0.0255. The molecule has 3 N–H and O–H groups in total. The fraction of sp³-hybridized carbons (Fsp3) is 0.714. The third-order valence-electron chi connectivity index (χ3n) is 4.26. The van der Waals surface area contributed by atoms with Crippen LogP contribution in [-0.4, -0.2) is 22.1 Å². The molecule has 2 saturated carbocycles. The molecule has 0 aliphatic heterocycles. The predicted octanol–water partition coefficient (Wildman–Crippen LogP) is 1.51. The monoisotopic (exact) mass is 262 g/mol. The van der Waals surface area contributed by atoms with E-state index in [-0.39, 0.29) is 5.56 Å². The van der Waals surface area contributed by atoms with Crippen LogP contribution >= 0.6 is 0 Å². The highest BCUT2D eigenvalue weighted by Gasteiger charge is 2.25. The quantitative estimate of drug-likeness (QED) is 0.862. The third-order valence-corrected chi connectivity index (χ3v) is 4.26. The molecule has 0 bridgehead atoms. The van der Waals surface area contributed by atoms with Gasteiger partial charge < -0.3 is 15.6 Å². The molecular formula is C14H22N4O. The number of hydrogen-bond donors (Lipinski definition) is 2. The number of anilines is 1. The summed E-state index contributed by atoms with van der Waals surface area (Å²) in [7, 11) is 0. The number of rotatable bonds is 4.